The van der Waals surface area contributed by atoms with Gasteiger partial charge < -0.3 is 4.98 Å². The van der Waals surface area contributed by atoms with E-state index in [-0.39, 0.29) is 10.8 Å². The highest BCUT2D eigenvalue weighted by molar-refractivity contribution is 6.31. The second kappa shape index (κ2) is 5.54. The second-order valence-corrected chi connectivity index (χ2v) is 5.01. The molecule has 0 saturated heterocycles. The van der Waals surface area contributed by atoms with Crippen molar-refractivity contribution in [1.29, 1.82) is 0 Å². The first kappa shape index (κ1) is 13.6. The van der Waals surface area contributed by atoms with E-state index in [0.717, 1.165) is 0 Å². The molecule has 104 valence electrons. The van der Waals surface area contributed by atoms with Crippen LogP contribution in [-0.4, -0.2) is 10.8 Å². The number of ketones is 1. The third-order valence-corrected chi connectivity index (χ3v) is 3.55. The molecule has 0 saturated carbocycles. The molecule has 2 nitrogen and oxygen atoms in total. The number of rotatable bonds is 3. The summed E-state index contributed by atoms with van der Waals surface area (Å²) in [6.45, 7) is 0. The first-order valence-electron chi connectivity index (χ1n) is 6.39. The lowest BCUT2D eigenvalue weighted by molar-refractivity contribution is 0.103. The van der Waals surface area contributed by atoms with E-state index in [0.29, 0.717) is 22.3 Å². The van der Waals surface area contributed by atoms with Gasteiger partial charge in [-0.2, -0.15) is 0 Å². The van der Waals surface area contributed by atoms with Gasteiger partial charge in [-0.25, -0.2) is 4.39 Å². The molecule has 1 heterocycles. The third kappa shape index (κ3) is 2.60. The molecule has 0 amide bonds. The van der Waals surface area contributed by atoms with Gasteiger partial charge in [0.05, 0.1) is 5.02 Å². The molecule has 0 bridgehead atoms. The van der Waals surface area contributed by atoms with Crippen LogP contribution in [0.15, 0.2) is 60.9 Å². The molecule has 4 heteroatoms. The predicted molar refractivity (Wildman–Crippen MR) is 81.1 cm³/mol. The van der Waals surface area contributed by atoms with Crippen molar-refractivity contribution in [3.05, 3.63) is 82.9 Å². The standard InChI is InChI=1S/C17H11ClFNO/c18-15-8-12(6-7-16(15)19)13-9-20-10-14(13)17(21)11-4-2-1-3-5-11/h1-10,20H. The summed E-state index contributed by atoms with van der Waals surface area (Å²) in [4.78, 5) is 15.5. The van der Waals surface area contributed by atoms with Crippen LogP contribution in [0.5, 0.6) is 0 Å². The van der Waals surface area contributed by atoms with Crippen LogP contribution in [0.4, 0.5) is 4.39 Å². The Kier molecular flexibility index (Phi) is 3.59. The molecule has 0 aliphatic carbocycles. The molecule has 1 N–H and O–H groups in total. The lowest BCUT2D eigenvalue weighted by Gasteiger charge is -2.05. The van der Waals surface area contributed by atoms with Crippen molar-refractivity contribution in [2.75, 3.05) is 0 Å². The van der Waals surface area contributed by atoms with Crippen LogP contribution < -0.4 is 0 Å². The number of hydrogen-bond donors (Lipinski definition) is 1. The Bertz CT molecular complexity index is 796. The minimum absolute atomic E-state index is 0.0341. The summed E-state index contributed by atoms with van der Waals surface area (Å²) < 4.78 is 13.3. The van der Waals surface area contributed by atoms with Crippen LogP contribution in [-0.2, 0) is 0 Å². The number of benzene rings is 2. The minimum Gasteiger partial charge on any atom is -0.366 e. The summed E-state index contributed by atoms with van der Waals surface area (Å²) in [5.41, 5.74) is 2.53. The van der Waals surface area contributed by atoms with Crippen LogP contribution in [0.1, 0.15) is 15.9 Å². The molecule has 0 aliphatic heterocycles. The Labute approximate surface area is 126 Å². The van der Waals surface area contributed by atoms with E-state index in [1.54, 1.807) is 30.6 Å². The summed E-state index contributed by atoms with van der Waals surface area (Å²) >= 11 is 5.81. The fraction of sp³-hybridized carbons (Fsp3) is 0. The molecule has 2 aromatic carbocycles. The van der Waals surface area contributed by atoms with Gasteiger partial charge in [0.25, 0.3) is 0 Å². The van der Waals surface area contributed by atoms with E-state index in [4.69, 9.17) is 11.6 Å². The summed E-state index contributed by atoms with van der Waals surface area (Å²) in [6.07, 6.45) is 3.35. The van der Waals surface area contributed by atoms with E-state index in [1.807, 2.05) is 18.2 Å². The van der Waals surface area contributed by atoms with Crippen LogP contribution >= 0.6 is 11.6 Å². The van der Waals surface area contributed by atoms with Crippen molar-refractivity contribution in [1.82, 2.24) is 4.98 Å². The van der Waals surface area contributed by atoms with Gasteiger partial charge in [0, 0.05) is 29.1 Å². The Hall–Kier alpha value is -2.39. The van der Waals surface area contributed by atoms with E-state index in [1.165, 1.54) is 12.1 Å². The summed E-state index contributed by atoms with van der Waals surface area (Å²) in [7, 11) is 0. The molecule has 0 unspecified atom stereocenters. The Balaban J connectivity index is 2.05. The number of aromatic amines is 1. The molecule has 0 radical (unpaired) electrons. The molecule has 3 aromatic rings. The summed E-state index contributed by atoms with van der Waals surface area (Å²) in [5.74, 6) is -0.570. The van der Waals surface area contributed by atoms with Gasteiger partial charge in [-0.15, -0.1) is 0 Å². The van der Waals surface area contributed by atoms with Crippen molar-refractivity contribution in [3.8, 4) is 11.1 Å². The number of halogens is 2. The summed E-state index contributed by atoms with van der Waals surface area (Å²) in [5, 5.41) is 0.0341. The van der Waals surface area contributed by atoms with Crippen LogP contribution in [0, 0.1) is 5.82 Å². The van der Waals surface area contributed by atoms with Crippen LogP contribution in [0.2, 0.25) is 5.02 Å². The fourth-order valence-electron chi connectivity index (χ4n) is 2.20. The maximum atomic E-state index is 13.3. The van der Waals surface area contributed by atoms with Crippen molar-refractivity contribution < 1.29 is 9.18 Å². The van der Waals surface area contributed by atoms with E-state index < -0.39 is 5.82 Å². The maximum absolute atomic E-state index is 13.3. The highest BCUT2D eigenvalue weighted by Crippen LogP contribution is 2.28. The first-order valence-corrected chi connectivity index (χ1v) is 6.76. The van der Waals surface area contributed by atoms with Gasteiger partial charge >= 0.3 is 0 Å². The van der Waals surface area contributed by atoms with Crippen molar-refractivity contribution in [2.45, 2.75) is 0 Å². The van der Waals surface area contributed by atoms with E-state index >= 15 is 0 Å². The molecule has 21 heavy (non-hydrogen) atoms. The lowest BCUT2D eigenvalue weighted by atomic mass is 9.98. The zero-order chi connectivity index (χ0) is 14.8. The number of nitrogens with one attached hydrogen (secondary N) is 1. The van der Waals surface area contributed by atoms with Crippen molar-refractivity contribution in [2.24, 2.45) is 0 Å². The first-order chi connectivity index (χ1) is 10.2. The minimum atomic E-state index is -0.480. The maximum Gasteiger partial charge on any atom is 0.195 e. The molecule has 3 rings (SSSR count). The number of carbonyl (C=O) groups excluding carboxylic acids is 1. The van der Waals surface area contributed by atoms with Crippen molar-refractivity contribution in [3.63, 3.8) is 0 Å². The number of H-pyrrole nitrogens is 1. The van der Waals surface area contributed by atoms with Crippen LogP contribution in [0.25, 0.3) is 11.1 Å². The molecule has 1 aromatic heterocycles. The highest BCUT2D eigenvalue weighted by atomic mass is 35.5. The SMILES string of the molecule is O=C(c1ccccc1)c1c[nH]cc1-c1ccc(F)c(Cl)c1. The molecule has 0 fully saturated rings. The van der Waals surface area contributed by atoms with E-state index in [9.17, 15) is 9.18 Å². The van der Waals surface area contributed by atoms with Gasteiger partial charge in [0.2, 0.25) is 0 Å². The topological polar surface area (TPSA) is 32.9 Å². The molecule has 0 aliphatic rings. The Morgan fingerprint density at radius 2 is 1.81 bits per heavy atom. The van der Waals surface area contributed by atoms with Crippen LogP contribution in [0.3, 0.4) is 0 Å². The third-order valence-electron chi connectivity index (χ3n) is 3.26. The highest BCUT2D eigenvalue weighted by Gasteiger charge is 2.16. The monoisotopic (exact) mass is 299 g/mol. The fourth-order valence-corrected chi connectivity index (χ4v) is 2.38. The smallest absolute Gasteiger partial charge is 0.195 e. The number of carbonyl (C=O) groups is 1. The zero-order valence-corrected chi connectivity index (χ0v) is 11.7. The molecule has 0 spiro atoms. The Morgan fingerprint density at radius 3 is 2.52 bits per heavy atom. The molecular weight excluding hydrogens is 289 g/mol. The normalized spacial score (nSPS) is 10.6. The average molecular weight is 300 g/mol. The second-order valence-electron chi connectivity index (χ2n) is 4.61. The number of hydrogen-bond acceptors (Lipinski definition) is 1. The van der Waals surface area contributed by atoms with Gasteiger partial charge in [-0.3, -0.25) is 4.79 Å². The van der Waals surface area contributed by atoms with Gasteiger partial charge in [-0.05, 0) is 17.7 Å². The lowest BCUT2D eigenvalue weighted by Crippen LogP contribution is -2.01. The molecule has 0 atom stereocenters. The predicted octanol–water partition coefficient (Wildman–Crippen LogP) is 4.71. The zero-order valence-electron chi connectivity index (χ0n) is 10.9. The molecular formula is C17H11ClFNO. The largest absolute Gasteiger partial charge is 0.366 e. The van der Waals surface area contributed by atoms with Gasteiger partial charge in [0.15, 0.2) is 5.78 Å². The van der Waals surface area contributed by atoms with Gasteiger partial charge in [0.1, 0.15) is 5.82 Å². The Morgan fingerprint density at radius 1 is 1.05 bits per heavy atom. The van der Waals surface area contributed by atoms with Crippen molar-refractivity contribution >= 4 is 17.4 Å². The summed E-state index contributed by atoms with van der Waals surface area (Å²) in [6, 6.07) is 13.4. The number of aromatic nitrogens is 1. The van der Waals surface area contributed by atoms with Gasteiger partial charge in [-0.1, -0.05) is 48.0 Å². The van der Waals surface area contributed by atoms with E-state index in [2.05, 4.69) is 4.98 Å². The average Bonchev–Trinajstić information content (AvgIpc) is 2.99. The quantitative estimate of drug-likeness (QED) is 0.698.